The summed E-state index contributed by atoms with van der Waals surface area (Å²) in [6.07, 6.45) is 3.51. The molecule has 3 rings (SSSR count). The summed E-state index contributed by atoms with van der Waals surface area (Å²) < 4.78 is 26.5. The number of anilines is 1. The van der Waals surface area contributed by atoms with Crippen molar-refractivity contribution >= 4 is 50.7 Å². The van der Waals surface area contributed by atoms with E-state index in [9.17, 15) is 18.0 Å². The summed E-state index contributed by atoms with van der Waals surface area (Å²) in [5, 5.41) is 3.86. The number of sulfonamides is 1. The average molecular weight is 633 g/mol. The highest BCUT2D eigenvalue weighted by Crippen LogP contribution is 2.25. The summed E-state index contributed by atoms with van der Waals surface area (Å²) >= 11 is 12.6. The van der Waals surface area contributed by atoms with Gasteiger partial charge in [0.15, 0.2) is 0 Å². The van der Waals surface area contributed by atoms with Crippen molar-refractivity contribution in [2.45, 2.75) is 58.5 Å². The van der Waals surface area contributed by atoms with Gasteiger partial charge < -0.3 is 10.2 Å². The molecule has 1 atom stereocenters. The first-order valence-corrected chi connectivity index (χ1v) is 16.7. The van der Waals surface area contributed by atoms with Crippen LogP contribution in [0, 0.1) is 6.92 Å². The van der Waals surface area contributed by atoms with Gasteiger partial charge in [0.2, 0.25) is 21.8 Å². The lowest BCUT2D eigenvalue weighted by atomic mass is 10.0. The molecule has 0 radical (unpaired) electrons. The third kappa shape index (κ3) is 10.0. The van der Waals surface area contributed by atoms with Crippen molar-refractivity contribution in [1.29, 1.82) is 0 Å². The van der Waals surface area contributed by atoms with Crippen LogP contribution in [-0.4, -0.2) is 50.5 Å². The number of hydrogen-bond acceptors (Lipinski definition) is 4. The standard InChI is InChI=1S/C32H39Cl2N3O4S/c1-4-5-19-35-32(39)30(21-25-10-7-6-8-11-25)36(23-26-15-16-27(33)22-29(26)34)31(38)12-9-20-37(42(3,40)41)28-17-13-24(2)14-18-28/h6-8,10-11,13-18,22,30H,4-5,9,12,19-21,23H2,1-3H3,(H,35,39). The molecule has 3 aromatic carbocycles. The molecule has 226 valence electrons. The van der Waals surface area contributed by atoms with Gasteiger partial charge in [-0.05, 0) is 55.2 Å². The first-order chi connectivity index (χ1) is 20.0. The van der Waals surface area contributed by atoms with Gasteiger partial charge in [-0.15, -0.1) is 0 Å². The van der Waals surface area contributed by atoms with E-state index in [0.717, 1.165) is 30.2 Å². The normalized spacial score (nSPS) is 12.0. The van der Waals surface area contributed by atoms with Gasteiger partial charge in [-0.25, -0.2) is 8.42 Å². The van der Waals surface area contributed by atoms with Gasteiger partial charge in [0.1, 0.15) is 6.04 Å². The van der Waals surface area contributed by atoms with E-state index in [0.29, 0.717) is 34.3 Å². The molecule has 0 aromatic heterocycles. The monoisotopic (exact) mass is 631 g/mol. The van der Waals surface area contributed by atoms with E-state index in [1.165, 1.54) is 4.31 Å². The van der Waals surface area contributed by atoms with Gasteiger partial charge in [0, 0.05) is 42.5 Å². The second-order valence-electron chi connectivity index (χ2n) is 10.4. The highest BCUT2D eigenvalue weighted by Gasteiger charge is 2.31. The third-order valence-electron chi connectivity index (χ3n) is 6.93. The Hall–Kier alpha value is -3.07. The van der Waals surface area contributed by atoms with Crippen LogP contribution in [0.4, 0.5) is 5.69 Å². The fraction of sp³-hybridized carbons (Fsp3) is 0.375. The maximum atomic E-state index is 13.9. The number of aryl methyl sites for hydroxylation is 1. The zero-order valence-corrected chi connectivity index (χ0v) is 26.7. The Morgan fingerprint density at radius 2 is 1.64 bits per heavy atom. The van der Waals surface area contributed by atoms with E-state index in [1.807, 2.05) is 56.3 Å². The first kappa shape index (κ1) is 33.4. The number of carbonyl (C=O) groups is 2. The van der Waals surface area contributed by atoms with Crippen molar-refractivity contribution in [2.24, 2.45) is 0 Å². The molecule has 0 fully saturated rings. The smallest absolute Gasteiger partial charge is 0.243 e. The number of unbranched alkanes of at least 4 members (excludes halogenated alkanes) is 1. The first-order valence-electron chi connectivity index (χ1n) is 14.1. The molecule has 0 bridgehead atoms. The Balaban J connectivity index is 1.89. The Kier molecular flexibility index (Phi) is 12.7. The van der Waals surface area contributed by atoms with Crippen LogP contribution in [0.25, 0.3) is 0 Å². The van der Waals surface area contributed by atoms with E-state index in [2.05, 4.69) is 5.32 Å². The van der Waals surface area contributed by atoms with Crippen molar-refractivity contribution in [1.82, 2.24) is 10.2 Å². The van der Waals surface area contributed by atoms with Crippen LogP contribution in [0.3, 0.4) is 0 Å². The number of carbonyl (C=O) groups excluding carboxylic acids is 2. The predicted octanol–water partition coefficient (Wildman–Crippen LogP) is 6.40. The van der Waals surface area contributed by atoms with Crippen LogP contribution in [0.15, 0.2) is 72.8 Å². The van der Waals surface area contributed by atoms with Gasteiger partial charge >= 0.3 is 0 Å². The van der Waals surface area contributed by atoms with Crippen molar-refractivity contribution in [3.05, 3.63) is 99.5 Å². The van der Waals surface area contributed by atoms with Crippen LogP contribution in [-0.2, 0) is 32.6 Å². The summed E-state index contributed by atoms with van der Waals surface area (Å²) in [6.45, 7) is 4.70. The molecular formula is C32H39Cl2N3O4S. The largest absolute Gasteiger partial charge is 0.354 e. The minimum Gasteiger partial charge on any atom is -0.354 e. The van der Waals surface area contributed by atoms with E-state index in [-0.39, 0.29) is 37.7 Å². The fourth-order valence-corrected chi connectivity index (χ4v) is 6.04. The highest BCUT2D eigenvalue weighted by atomic mass is 35.5. The van der Waals surface area contributed by atoms with Crippen molar-refractivity contribution in [3.8, 4) is 0 Å². The zero-order chi connectivity index (χ0) is 30.7. The molecule has 0 saturated heterocycles. The third-order valence-corrected chi connectivity index (χ3v) is 8.71. The lowest BCUT2D eigenvalue weighted by Gasteiger charge is -2.32. The Morgan fingerprint density at radius 3 is 2.26 bits per heavy atom. The summed E-state index contributed by atoms with van der Waals surface area (Å²) in [4.78, 5) is 29.0. The molecule has 0 aliphatic rings. The molecule has 0 aliphatic carbocycles. The summed E-state index contributed by atoms with van der Waals surface area (Å²) in [6, 6.07) is 21.0. The summed E-state index contributed by atoms with van der Waals surface area (Å²) in [5.74, 6) is -0.520. The maximum absolute atomic E-state index is 13.9. The molecule has 0 saturated carbocycles. The average Bonchev–Trinajstić information content (AvgIpc) is 2.94. The maximum Gasteiger partial charge on any atom is 0.243 e. The molecular weight excluding hydrogens is 593 g/mol. The van der Waals surface area contributed by atoms with Crippen LogP contribution in [0.5, 0.6) is 0 Å². The van der Waals surface area contributed by atoms with Crippen LogP contribution in [0.2, 0.25) is 10.0 Å². The number of hydrogen-bond donors (Lipinski definition) is 1. The fourth-order valence-electron chi connectivity index (χ4n) is 4.61. The van der Waals surface area contributed by atoms with Gasteiger partial charge in [0.25, 0.3) is 0 Å². The van der Waals surface area contributed by atoms with Gasteiger partial charge in [0.05, 0.1) is 11.9 Å². The van der Waals surface area contributed by atoms with E-state index in [4.69, 9.17) is 23.2 Å². The van der Waals surface area contributed by atoms with E-state index >= 15 is 0 Å². The van der Waals surface area contributed by atoms with Crippen molar-refractivity contribution in [2.75, 3.05) is 23.7 Å². The van der Waals surface area contributed by atoms with Crippen LogP contribution >= 0.6 is 23.2 Å². The Bertz CT molecular complexity index is 1430. The van der Waals surface area contributed by atoms with Gasteiger partial charge in [-0.2, -0.15) is 0 Å². The molecule has 2 amide bonds. The minimum absolute atomic E-state index is 0.0383. The molecule has 10 heteroatoms. The summed E-state index contributed by atoms with van der Waals surface area (Å²) in [5.41, 5.74) is 3.13. The SMILES string of the molecule is CCCCNC(=O)C(Cc1ccccc1)N(Cc1ccc(Cl)cc1Cl)C(=O)CCCN(c1ccc(C)cc1)S(C)(=O)=O. The number of nitrogens with zero attached hydrogens (tertiary/aromatic N) is 2. The lowest BCUT2D eigenvalue weighted by Crippen LogP contribution is -2.50. The molecule has 3 aromatic rings. The molecule has 42 heavy (non-hydrogen) atoms. The van der Waals surface area contributed by atoms with Gasteiger partial charge in [-0.3, -0.25) is 13.9 Å². The molecule has 1 N–H and O–H groups in total. The summed E-state index contributed by atoms with van der Waals surface area (Å²) in [7, 11) is -3.58. The van der Waals surface area contributed by atoms with Gasteiger partial charge in [-0.1, -0.05) is 90.6 Å². The second-order valence-corrected chi connectivity index (χ2v) is 13.1. The number of nitrogens with one attached hydrogen (secondary N) is 1. The number of benzene rings is 3. The Morgan fingerprint density at radius 1 is 0.952 bits per heavy atom. The minimum atomic E-state index is -3.58. The Labute approximate surface area is 259 Å². The highest BCUT2D eigenvalue weighted by molar-refractivity contribution is 7.92. The van der Waals surface area contributed by atoms with E-state index < -0.39 is 16.1 Å². The predicted molar refractivity (Wildman–Crippen MR) is 171 cm³/mol. The molecule has 0 aliphatic heterocycles. The quantitative estimate of drug-likeness (QED) is 0.197. The molecule has 1 unspecified atom stereocenters. The topological polar surface area (TPSA) is 86.8 Å². The molecule has 0 spiro atoms. The van der Waals surface area contributed by atoms with Crippen LogP contribution in [0.1, 0.15) is 49.3 Å². The molecule has 7 nitrogen and oxygen atoms in total. The molecule has 0 heterocycles. The zero-order valence-electron chi connectivity index (χ0n) is 24.4. The van der Waals surface area contributed by atoms with Crippen LogP contribution < -0.4 is 9.62 Å². The number of halogens is 2. The van der Waals surface area contributed by atoms with Crippen molar-refractivity contribution < 1.29 is 18.0 Å². The van der Waals surface area contributed by atoms with E-state index in [1.54, 1.807) is 35.2 Å². The van der Waals surface area contributed by atoms with Crippen molar-refractivity contribution in [3.63, 3.8) is 0 Å². The number of rotatable bonds is 15. The number of amides is 2. The lowest BCUT2D eigenvalue weighted by molar-refractivity contribution is -0.141. The second kappa shape index (κ2) is 16.0.